The summed E-state index contributed by atoms with van der Waals surface area (Å²) in [6.45, 7) is 0. The fourth-order valence-electron chi connectivity index (χ4n) is 1.14. The van der Waals surface area contributed by atoms with Crippen LogP contribution in [0.1, 0.15) is 11.1 Å². The summed E-state index contributed by atoms with van der Waals surface area (Å²) in [7, 11) is 0. The van der Waals surface area contributed by atoms with Crippen molar-refractivity contribution in [3.8, 4) is 5.75 Å². The Morgan fingerprint density at radius 3 is 2.29 bits per heavy atom. The van der Waals surface area contributed by atoms with E-state index in [4.69, 9.17) is 0 Å². The highest BCUT2D eigenvalue weighted by Crippen LogP contribution is 2.32. The minimum absolute atomic E-state index is 0.0223. The summed E-state index contributed by atoms with van der Waals surface area (Å²) in [4.78, 5) is 10.2. The van der Waals surface area contributed by atoms with Crippen molar-refractivity contribution in [2.24, 2.45) is 0 Å². The van der Waals surface area contributed by atoms with Crippen molar-refractivity contribution in [2.75, 3.05) is 0 Å². The Kier molecular flexibility index (Phi) is 3.88. The van der Waals surface area contributed by atoms with Gasteiger partial charge in [0.1, 0.15) is 5.75 Å². The van der Waals surface area contributed by atoms with E-state index in [2.05, 4.69) is 31.9 Å². The molecule has 1 N–H and O–H groups in total. The predicted molar refractivity (Wildman–Crippen MR) is 60.0 cm³/mol. The van der Waals surface area contributed by atoms with Crippen molar-refractivity contribution in [3.05, 3.63) is 33.4 Å². The molecule has 76 valence electrons. The highest BCUT2D eigenvalue weighted by molar-refractivity contribution is 9.09. The number of aromatic hydroxyl groups is 1. The fraction of sp³-hybridized carbons (Fsp3) is 0.250. The van der Waals surface area contributed by atoms with E-state index in [9.17, 15) is 15.2 Å². The Hall–Kier alpha value is -0.620. The molecule has 14 heavy (non-hydrogen) atoms. The van der Waals surface area contributed by atoms with Crippen LogP contribution in [0.15, 0.2) is 12.1 Å². The van der Waals surface area contributed by atoms with Crippen LogP contribution in [0.2, 0.25) is 0 Å². The van der Waals surface area contributed by atoms with Crippen LogP contribution in [0, 0.1) is 10.1 Å². The zero-order chi connectivity index (χ0) is 10.7. The Labute approximate surface area is 97.3 Å². The molecule has 1 aromatic rings. The third-order valence-electron chi connectivity index (χ3n) is 1.85. The van der Waals surface area contributed by atoms with E-state index in [1.165, 1.54) is 12.1 Å². The molecule has 1 rings (SSSR count). The van der Waals surface area contributed by atoms with Crippen LogP contribution in [0.25, 0.3) is 0 Å². The molecule has 1 aromatic carbocycles. The summed E-state index contributed by atoms with van der Waals surface area (Å²) in [5, 5.41) is 20.8. The molecule has 0 bridgehead atoms. The number of hydrogen-bond acceptors (Lipinski definition) is 3. The van der Waals surface area contributed by atoms with E-state index in [0.717, 1.165) is 0 Å². The molecule has 4 nitrogen and oxygen atoms in total. The minimum Gasteiger partial charge on any atom is -0.508 e. The third kappa shape index (κ3) is 2.06. The normalized spacial score (nSPS) is 10.1. The molecule has 0 aliphatic carbocycles. The molecular formula is C8H7Br2NO3. The molecule has 6 heteroatoms. The molecule has 0 unspecified atom stereocenters. The molecule has 0 aromatic heterocycles. The molecule has 0 fully saturated rings. The van der Waals surface area contributed by atoms with Gasteiger partial charge in [-0.3, -0.25) is 10.1 Å². The Morgan fingerprint density at radius 2 is 1.86 bits per heavy atom. The average molecular weight is 325 g/mol. The maximum absolute atomic E-state index is 10.6. The van der Waals surface area contributed by atoms with E-state index < -0.39 is 4.92 Å². The second-order valence-electron chi connectivity index (χ2n) is 2.59. The summed E-state index contributed by atoms with van der Waals surface area (Å²) in [6, 6.07) is 2.64. The number of halogens is 2. The lowest BCUT2D eigenvalue weighted by molar-refractivity contribution is -0.385. The monoisotopic (exact) mass is 323 g/mol. The van der Waals surface area contributed by atoms with E-state index in [1.807, 2.05) is 0 Å². The van der Waals surface area contributed by atoms with Crippen molar-refractivity contribution in [2.45, 2.75) is 10.7 Å². The topological polar surface area (TPSA) is 63.4 Å². The smallest absolute Gasteiger partial charge is 0.274 e. The molecule has 0 heterocycles. The maximum Gasteiger partial charge on any atom is 0.274 e. The van der Waals surface area contributed by atoms with Crippen LogP contribution in [0.4, 0.5) is 5.69 Å². The SMILES string of the molecule is O=[N+]([O-])c1ccc(O)c(CBr)c1CBr. The van der Waals surface area contributed by atoms with Crippen molar-refractivity contribution >= 4 is 37.5 Å². The highest BCUT2D eigenvalue weighted by atomic mass is 79.9. The van der Waals surface area contributed by atoms with Gasteiger partial charge in [-0.2, -0.15) is 0 Å². The van der Waals surface area contributed by atoms with Crippen molar-refractivity contribution < 1.29 is 10.0 Å². The first-order valence-electron chi connectivity index (χ1n) is 3.71. The van der Waals surface area contributed by atoms with Gasteiger partial charge in [0, 0.05) is 27.9 Å². The molecule has 0 saturated heterocycles. The Bertz CT molecular complexity index is 368. The zero-order valence-corrected chi connectivity index (χ0v) is 10.2. The fourth-order valence-corrected chi connectivity index (χ4v) is 2.39. The van der Waals surface area contributed by atoms with Gasteiger partial charge in [0.25, 0.3) is 5.69 Å². The van der Waals surface area contributed by atoms with Crippen LogP contribution >= 0.6 is 31.9 Å². The van der Waals surface area contributed by atoms with Gasteiger partial charge in [-0.15, -0.1) is 0 Å². The minimum atomic E-state index is -0.456. The first-order valence-corrected chi connectivity index (χ1v) is 5.96. The predicted octanol–water partition coefficient (Wildman–Crippen LogP) is 3.09. The highest BCUT2D eigenvalue weighted by Gasteiger charge is 2.18. The number of phenolic OH excluding ortho intramolecular Hbond substituents is 1. The van der Waals surface area contributed by atoms with Gasteiger partial charge in [0.2, 0.25) is 0 Å². The quantitative estimate of drug-likeness (QED) is 0.528. The van der Waals surface area contributed by atoms with Gasteiger partial charge >= 0.3 is 0 Å². The van der Waals surface area contributed by atoms with Crippen LogP contribution in [0.3, 0.4) is 0 Å². The molecule has 0 atom stereocenters. The molecule has 0 radical (unpaired) electrons. The van der Waals surface area contributed by atoms with Crippen LogP contribution in [-0.2, 0) is 10.7 Å². The molecule has 0 aliphatic rings. The number of hydrogen-bond donors (Lipinski definition) is 1. The van der Waals surface area contributed by atoms with Crippen molar-refractivity contribution in [3.63, 3.8) is 0 Å². The van der Waals surface area contributed by atoms with Gasteiger partial charge in [-0.25, -0.2) is 0 Å². The number of nitro groups is 1. The number of nitro benzene ring substituents is 1. The Balaban J connectivity index is 3.40. The van der Waals surface area contributed by atoms with Gasteiger partial charge in [0.15, 0.2) is 0 Å². The number of alkyl halides is 2. The van der Waals surface area contributed by atoms with E-state index >= 15 is 0 Å². The first kappa shape index (κ1) is 11.5. The van der Waals surface area contributed by atoms with E-state index in [0.29, 0.717) is 21.8 Å². The van der Waals surface area contributed by atoms with Crippen molar-refractivity contribution in [1.29, 1.82) is 0 Å². The number of rotatable bonds is 3. The van der Waals surface area contributed by atoms with Crippen molar-refractivity contribution in [1.82, 2.24) is 0 Å². The van der Waals surface area contributed by atoms with Gasteiger partial charge in [-0.05, 0) is 6.07 Å². The molecular weight excluding hydrogens is 318 g/mol. The lowest BCUT2D eigenvalue weighted by Gasteiger charge is -2.06. The number of benzene rings is 1. The summed E-state index contributed by atoms with van der Waals surface area (Å²) in [5.74, 6) is 0.0712. The Morgan fingerprint density at radius 1 is 1.29 bits per heavy atom. The molecule has 0 aliphatic heterocycles. The second kappa shape index (κ2) is 4.75. The standard InChI is InChI=1S/C8H7Br2NO3/c9-3-5-6(4-10)8(12)2-1-7(5)11(13)14/h1-2,12H,3-4H2. The summed E-state index contributed by atoms with van der Waals surface area (Å²) in [5.41, 5.74) is 1.08. The summed E-state index contributed by atoms with van der Waals surface area (Å²) < 4.78 is 0. The van der Waals surface area contributed by atoms with E-state index in [-0.39, 0.29) is 11.4 Å². The summed E-state index contributed by atoms with van der Waals surface area (Å²) in [6.07, 6.45) is 0. The second-order valence-corrected chi connectivity index (χ2v) is 3.71. The number of phenols is 1. The van der Waals surface area contributed by atoms with E-state index in [1.54, 1.807) is 0 Å². The van der Waals surface area contributed by atoms with Gasteiger partial charge < -0.3 is 5.11 Å². The maximum atomic E-state index is 10.6. The third-order valence-corrected chi connectivity index (χ3v) is 2.97. The summed E-state index contributed by atoms with van der Waals surface area (Å²) >= 11 is 6.35. The molecule has 0 amide bonds. The average Bonchev–Trinajstić information content (AvgIpc) is 2.16. The molecule has 0 saturated carbocycles. The lowest BCUT2D eigenvalue weighted by atomic mass is 10.1. The lowest BCUT2D eigenvalue weighted by Crippen LogP contribution is -1.97. The number of nitrogens with zero attached hydrogens (tertiary/aromatic N) is 1. The first-order chi connectivity index (χ1) is 6.61. The van der Waals surface area contributed by atoms with Gasteiger partial charge in [-0.1, -0.05) is 31.9 Å². The zero-order valence-electron chi connectivity index (χ0n) is 7.04. The van der Waals surface area contributed by atoms with Crippen LogP contribution in [-0.4, -0.2) is 10.0 Å². The van der Waals surface area contributed by atoms with Gasteiger partial charge in [0.05, 0.1) is 4.92 Å². The largest absolute Gasteiger partial charge is 0.508 e. The molecule has 0 spiro atoms. The van der Waals surface area contributed by atoms with Crippen LogP contribution < -0.4 is 0 Å². The van der Waals surface area contributed by atoms with Crippen LogP contribution in [0.5, 0.6) is 5.75 Å².